The van der Waals surface area contributed by atoms with E-state index in [0.29, 0.717) is 16.3 Å². The summed E-state index contributed by atoms with van der Waals surface area (Å²) < 4.78 is 5.16. The third-order valence-electron chi connectivity index (χ3n) is 4.00. The minimum Gasteiger partial charge on any atom is -0.497 e. The molecule has 0 saturated heterocycles. The molecular formula is C21H20ClN3O2. The maximum Gasteiger partial charge on any atom is 0.257 e. The summed E-state index contributed by atoms with van der Waals surface area (Å²) in [5.74, 6) is 0.624. The molecule has 2 aromatic carbocycles. The maximum absolute atomic E-state index is 12.4. The number of hydrogen-bond acceptors (Lipinski definition) is 4. The molecule has 6 heteroatoms. The molecule has 0 bridgehead atoms. The van der Waals surface area contributed by atoms with Crippen LogP contribution >= 0.6 is 11.6 Å². The van der Waals surface area contributed by atoms with Crippen molar-refractivity contribution in [2.24, 2.45) is 0 Å². The number of rotatable bonds is 7. The molecule has 3 aromatic rings. The van der Waals surface area contributed by atoms with Crippen LogP contribution in [0.25, 0.3) is 0 Å². The van der Waals surface area contributed by atoms with Gasteiger partial charge in [0.2, 0.25) is 0 Å². The average Bonchev–Trinajstić information content (AvgIpc) is 2.70. The van der Waals surface area contributed by atoms with Crippen molar-refractivity contribution in [1.29, 1.82) is 0 Å². The van der Waals surface area contributed by atoms with E-state index >= 15 is 0 Å². The number of anilines is 2. The number of carbonyl (C=O) groups excluding carboxylic acids is 1. The number of aromatic nitrogens is 1. The number of nitrogens with one attached hydrogen (secondary N) is 2. The minimum absolute atomic E-state index is 0.219. The molecule has 0 aliphatic heterocycles. The molecule has 0 radical (unpaired) electrons. The van der Waals surface area contributed by atoms with Gasteiger partial charge >= 0.3 is 0 Å². The summed E-state index contributed by atoms with van der Waals surface area (Å²) in [5.41, 5.74) is 3.17. The number of ether oxygens (including phenoxy) is 1. The molecule has 3 rings (SSSR count). The molecule has 0 atom stereocenters. The van der Waals surface area contributed by atoms with Crippen LogP contribution in [0.2, 0.25) is 5.02 Å². The van der Waals surface area contributed by atoms with Gasteiger partial charge in [-0.15, -0.1) is 0 Å². The summed E-state index contributed by atoms with van der Waals surface area (Å²) in [6, 6.07) is 16.7. The lowest BCUT2D eigenvalue weighted by Crippen LogP contribution is -2.13. The van der Waals surface area contributed by atoms with Crippen LogP contribution in [0, 0.1) is 0 Å². The van der Waals surface area contributed by atoms with Crippen LogP contribution in [0.5, 0.6) is 5.75 Å². The van der Waals surface area contributed by atoms with E-state index in [1.807, 2.05) is 24.3 Å². The first kappa shape index (κ1) is 18.7. The monoisotopic (exact) mass is 381 g/mol. The maximum atomic E-state index is 12.4. The Bertz CT molecular complexity index is 896. The molecule has 1 amide bonds. The Morgan fingerprint density at radius 1 is 1.04 bits per heavy atom. The Morgan fingerprint density at radius 2 is 1.78 bits per heavy atom. The Kier molecular flexibility index (Phi) is 6.28. The number of amides is 1. The minimum atomic E-state index is -0.219. The van der Waals surface area contributed by atoms with Crippen LogP contribution in [0.15, 0.2) is 67.0 Å². The molecule has 0 spiro atoms. The number of carbonyl (C=O) groups is 1. The lowest BCUT2D eigenvalue weighted by Gasteiger charge is -2.09. The summed E-state index contributed by atoms with van der Waals surface area (Å²) in [6.45, 7) is 0.732. The predicted molar refractivity (Wildman–Crippen MR) is 109 cm³/mol. The van der Waals surface area contributed by atoms with Gasteiger partial charge in [0.1, 0.15) is 5.75 Å². The van der Waals surface area contributed by atoms with Crippen LogP contribution in [0.1, 0.15) is 15.9 Å². The summed E-state index contributed by atoms with van der Waals surface area (Å²) in [6.07, 6.45) is 4.10. The zero-order valence-electron chi connectivity index (χ0n) is 14.9. The summed E-state index contributed by atoms with van der Waals surface area (Å²) in [5, 5.41) is 6.75. The van der Waals surface area contributed by atoms with Gasteiger partial charge in [0.25, 0.3) is 5.91 Å². The topological polar surface area (TPSA) is 63.2 Å². The van der Waals surface area contributed by atoms with Crippen LogP contribution < -0.4 is 15.4 Å². The zero-order valence-corrected chi connectivity index (χ0v) is 15.7. The molecule has 27 heavy (non-hydrogen) atoms. The fourth-order valence-electron chi connectivity index (χ4n) is 2.54. The second-order valence-electron chi connectivity index (χ2n) is 5.95. The van der Waals surface area contributed by atoms with E-state index in [1.165, 1.54) is 5.56 Å². The van der Waals surface area contributed by atoms with Crippen molar-refractivity contribution in [3.8, 4) is 5.75 Å². The van der Waals surface area contributed by atoms with E-state index in [2.05, 4.69) is 15.6 Å². The van der Waals surface area contributed by atoms with Gasteiger partial charge in [-0.2, -0.15) is 0 Å². The van der Waals surface area contributed by atoms with Crippen molar-refractivity contribution in [1.82, 2.24) is 4.98 Å². The number of pyridine rings is 1. The van der Waals surface area contributed by atoms with Gasteiger partial charge in [-0.05, 0) is 54.4 Å². The largest absolute Gasteiger partial charge is 0.497 e. The molecule has 0 saturated carbocycles. The molecule has 5 nitrogen and oxygen atoms in total. The molecule has 0 aliphatic carbocycles. The Hall–Kier alpha value is -3.05. The number of methoxy groups -OCH3 is 1. The van der Waals surface area contributed by atoms with Gasteiger partial charge in [0.15, 0.2) is 0 Å². The highest BCUT2D eigenvalue weighted by Gasteiger charge is 2.07. The fraction of sp³-hybridized carbons (Fsp3) is 0.143. The lowest BCUT2D eigenvalue weighted by molar-refractivity contribution is 0.102. The van der Waals surface area contributed by atoms with E-state index in [0.717, 1.165) is 24.4 Å². The molecular weight excluding hydrogens is 362 g/mol. The van der Waals surface area contributed by atoms with E-state index < -0.39 is 0 Å². The Labute approximate surface area is 163 Å². The van der Waals surface area contributed by atoms with Crippen LogP contribution in [-0.2, 0) is 6.42 Å². The van der Waals surface area contributed by atoms with Gasteiger partial charge in [0.05, 0.1) is 18.4 Å². The first-order valence-corrected chi connectivity index (χ1v) is 8.90. The van der Waals surface area contributed by atoms with Gasteiger partial charge in [-0.25, -0.2) is 0 Å². The van der Waals surface area contributed by atoms with Crippen LogP contribution in [0.4, 0.5) is 11.4 Å². The van der Waals surface area contributed by atoms with Crippen molar-refractivity contribution in [3.05, 3.63) is 83.1 Å². The Morgan fingerprint density at radius 3 is 2.48 bits per heavy atom. The van der Waals surface area contributed by atoms with E-state index in [4.69, 9.17) is 16.3 Å². The van der Waals surface area contributed by atoms with Crippen LogP contribution in [-0.4, -0.2) is 24.5 Å². The third-order valence-corrected chi connectivity index (χ3v) is 4.26. The van der Waals surface area contributed by atoms with Gasteiger partial charge in [-0.1, -0.05) is 23.7 Å². The molecule has 0 aliphatic rings. The first-order chi connectivity index (χ1) is 13.1. The SMILES string of the molecule is COc1ccc(CCNc2cncc(C(=O)Nc3ccc(Cl)cc3)c2)cc1. The van der Waals surface area contributed by atoms with Crippen molar-refractivity contribution < 1.29 is 9.53 Å². The smallest absolute Gasteiger partial charge is 0.257 e. The van der Waals surface area contributed by atoms with Gasteiger partial charge in [0, 0.05) is 29.6 Å². The predicted octanol–water partition coefficient (Wildman–Crippen LogP) is 4.65. The molecule has 1 aromatic heterocycles. The second kappa shape index (κ2) is 9.05. The number of benzene rings is 2. The van der Waals surface area contributed by atoms with E-state index in [-0.39, 0.29) is 5.91 Å². The van der Waals surface area contributed by atoms with Gasteiger partial charge in [-0.3, -0.25) is 9.78 Å². The average molecular weight is 382 g/mol. The standard InChI is InChI=1S/C21H20ClN3O2/c1-27-20-8-2-15(3-9-20)10-11-24-19-12-16(13-23-14-19)21(26)25-18-6-4-17(22)5-7-18/h2-9,12-14,24H,10-11H2,1H3,(H,25,26). The Balaban J connectivity index is 1.56. The second-order valence-corrected chi connectivity index (χ2v) is 6.38. The lowest BCUT2D eigenvalue weighted by atomic mass is 10.1. The van der Waals surface area contributed by atoms with E-state index in [1.54, 1.807) is 49.8 Å². The first-order valence-electron chi connectivity index (χ1n) is 8.53. The molecule has 138 valence electrons. The number of nitrogens with zero attached hydrogens (tertiary/aromatic N) is 1. The molecule has 2 N–H and O–H groups in total. The highest BCUT2D eigenvalue weighted by Crippen LogP contribution is 2.16. The molecule has 1 heterocycles. The summed E-state index contributed by atoms with van der Waals surface area (Å²) in [7, 11) is 1.65. The highest BCUT2D eigenvalue weighted by atomic mass is 35.5. The van der Waals surface area contributed by atoms with Crippen molar-refractivity contribution in [2.45, 2.75) is 6.42 Å². The normalized spacial score (nSPS) is 10.3. The quantitative estimate of drug-likeness (QED) is 0.625. The third kappa shape index (κ3) is 5.46. The van der Waals surface area contributed by atoms with Crippen molar-refractivity contribution in [2.75, 3.05) is 24.3 Å². The van der Waals surface area contributed by atoms with Crippen molar-refractivity contribution in [3.63, 3.8) is 0 Å². The zero-order chi connectivity index (χ0) is 19.1. The number of halogens is 1. The van der Waals surface area contributed by atoms with E-state index in [9.17, 15) is 4.79 Å². The fourth-order valence-corrected chi connectivity index (χ4v) is 2.67. The highest BCUT2D eigenvalue weighted by molar-refractivity contribution is 6.30. The molecule has 0 fully saturated rings. The summed E-state index contributed by atoms with van der Waals surface area (Å²) in [4.78, 5) is 16.5. The molecule has 0 unspecified atom stereocenters. The van der Waals surface area contributed by atoms with Gasteiger partial charge < -0.3 is 15.4 Å². The number of hydrogen-bond donors (Lipinski definition) is 2. The summed E-state index contributed by atoms with van der Waals surface area (Å²) >= 11 is 5.86. The van der Waals surface area contributed by atoms with Crippen molar-refractivity contribution >= 4 is 28.9 Å². The van der Waals surface area contributed by atoms with Crippen LogP contribution in [0.3, 0.4) is 0 Å².